The van der Waals surface area contributed by atoms with Crippen LogP contribution in [0.3, 0.4) is 0 Å². The minimum Gasteiger partial charge on any atom is -0.386 e. The number of fused-ring (bicyclic) bond motifs is 1. The summed E-state index contributed by atoms with van der Waals surface area (Å²) < 4.78 is 1.75. The van der Waals surface area contributed by atoms with Crippen LogP contribution in [0, 0.1) is 10.1 Å². The van der Waals surface area contributed by atoms with Crippen LogP contribution in [0.1, 0.15) is 12.7 Å². The molecule has 0 aliphatic rings. The van der Waals surface area contributed by atoms with Gasteiger partial charge in [0.15, 0.2) is 5.52 Å². The highest BCUT2D eigenvalue weighted by Crippen LogP contribution is 2.27. The lowest BCUT2D eigenvalue weighted by atomic mass is 10.3. The zero-order valence-corrected chi connectivity index (χ0v) is 9.10. The lowest BCUT2D eigenvalue weighted by molar-refractivity contribution is -0.387. The van der Waals surface area contributed by atoms with Crippen molar-refractivity contribution in [3.8, 4) is 0 Å². The Hall–Kier alpha value is -2.11. The number of imidazole rings is 1. The second-order valence-corrected chi connectivity index (χ2v) is 3.35. The highest BCUT2D eigenvalue weighted by molar-refractivity contribution is 5.80. The zero-order chi connectivity index (χ0) is 11.7. The van der Waals surface area contributed by atoms with Crippen molar-refractivity contribution in [3.05, 3.63) is 34.3 Å². The van der Waals surface area contributed by atoms with Crippen molar-refractivity contribution in [1.29, 1.82) is 0 Å². The van der Waals surface area contributed by atoms with Crippen molar-refractivity contribution < 1.29 is 4.92 Å². The first kappa shape index (κ1) is 10.4. The molecular weight excluding hydrogens is 208 g/mol. The van der Waals surface area contributed by atoms with Crippen molar-refractivity contribution in [2.45, 2.75) is 13.3 Å². The summed E-state index contributed by atoms with van der Waals surface area (Å²) >= 11 is 0. The molecule has 0 bridgehead atoms. The minimum atomic E-state index is -0.449. The van der Waals surface area contributed by atoms with Gasteiger partial charge in [-0.15, -0.1) is 0 Å². The molecule has 0 fully saturated rings. The van der Waals surface area contributed by atoms with Gasteiger partial charge in [0.25, 0.3) is 0 Å². The molecule has 6 nitrogen and oxygen atoms in total. The third-order valence-electron chi connectivity index (χ3n) is 2.48. The summed E-state index contributed by atoms with van der Waals surface area (Å²) in [5, 5.41) is 13.9. The number of aryl methyl sites for hydroxylation is 1. The molecule has 0 aromatic carbocycles. The van der Waals surface area contributed by atoms with E-state index in [1.165, 1.54) is 0 Å². The van der Waals surface area contributed by atoms with Gasteiger partial charge in [-0.05, 0) is 22.0 Å². The van der Waals surface area contributed by atoms with E-state index in [9.17, 15) is 10.1 Å². The third kappa shape index (κ3) is 1.39. The van der Waals surface area contributed by atoms with Crippen LogP contribution in [0.2, 0.25) is 0 Å². The van der Waals surface area contributed by atoms with Gasteiger partial charge < -0.3 is 15.4 Å². The maximum Gasteiger partial charge on any atom is 0.391 e. The van der Waals surface area contributed by atoms with Crippen molar-refractivity contribution in [3.63, 3.8) is 0 Å². The van der Waals surface area contributed by atoms with E-state index >= 15 is 0 Å². The molecule has 0 spiro atoms. The van der Waals surface area contributed by atoms with Crippen molar-refractivity contribution in [2.24, 2.45) is 0 Å². The Morgan fingerprint density at radius 3 is 2.94 bits per heavy atom. The van der Waals surface area contributed by atoms with Crippen LogP contribution < -0.4 is 5.32 Å². The maximum absolute atomic E-state index is 10.9. The fourth-order valence-corrected chi connectivity index (χ4v) is 1.76. The summed E-state index contributed by atoms with van der Waals surface area (Å²) in [6.45, 7) is 1.92. The number of hydrogen-bond acceptors (Lipinski definition) is 4. The molecule has 2 heterocycles. The van der Waals surface area contributed by atoms with E-state index in [1.807, 2.05) is 13.0 Å². The van der Waals surface area contributed by atoms with Crippen LogP contribution in [-0.4, -0.2) is 21.4 Å². The molecular formula is C10H12N4O2. The third-order valence-corrected chi connectivity index (χ3v) is 2.48. The highest BCUT2D eigenvalue weighted by Gasteiger charge is 2.23. The van der Waals surface area contributed by atoms with Crippen LogP contribution in [0.5, 0.6) is 0 Å². The largest absolute Gasteiger partial charge is 0.391 e. The van der Waals surface area contributed by atoms with Crippen LogP contribution >= 0.6 is 0 Å². The molecule has 6 heteroatoms. The summed E-state index contributed by atoms with van der Waals surface area (Å²) in [6, 6.07) is 3.63. The van der Waals surface area contributed by atoms with Crippen molar-refractivity contribution >= 4 is 17.0 Å². The van der Waals surface area contributed by atoms with E-state index in [-0.39, 0.29) is 5.82 Å². The van der Waals surface area contributed by atoms with Gasteiger partial charge in [-0.1, -0.05) is 6.92 Å². The molecule has 2 rings (SSSR count). The van der Waals surface area contributed by atoms with Crippen LogP contribution in [0.4, 0.5) is 11.5 Å². The SMILES string of the molecule is CCc1nc([N+](=O)[O-])c2c(NC)cccn12. The van der Waals surface area contributed by atoms with Crippen LogP contribution in [0.15, 0.2) is 18.3 Å². The molecule has 0 amide bonds. The smallest absolute Gasteiger partial charge is 0.386 e. The number of nitrogens with one attached hydrogen (secondary N) is 1. The number of nitrogens with zero attached hydrogens (tertiary/aromatic N) is 3. The fourth-order valence-electron chi connectivity index (χ4n) is 1.76. The molecule has 0 aliphatic heterocycles. The molecule has 0 atom stereocenters. The molecule has 0 unspecified atom stereocenters. The predicted octanol–water partition coefficient (Wildman–Crippen LogP) is 1.85. The lowest BCUT2D eigenvalue weighted by Gasteiger charge is -2.02. The van der Waals surface area contributed by atoms with E-state index in [0.717, 1.165) is 0 Å². The number of rotatable bonds is 3. The van der Waals surface area contributed by atoms with Gasteiger partial charge in [-0.3, -0.25) is 4.40 Å². The van der Waals surface area contributed by atoms with Gasteiger partial charge in [-0.2, -0.15) is 0 Å². The first-order valence-electron chi connectivity index (χ1n) is 5.01. The highest BCUT2D eigenvalue weighted by atomic mass is 16.6. The second-order valence-electron chi connectivity index (χ2n) is 3.35. The Balaban J connectivity index is 2.85. The Morgan fingerprint density at radius 2 is 2.38 bits per heavy atom. The molecule has 1 N–H and O–H groups in total. The molecule has 16 heavy (non-hydrogen) atoms. The number of aromatic nitrogens is 2. The standard InChI is InChI=1S/C10H12N4O2/c1-3-8-12-10(14(15)16)9-7(11-2)5-4-6-13(8)9/h4-6,11H,3H2,1-2H3. The number of pyridine rings is 1. The molecule has 0 saturated carbocycles. The maximum atomic E-state index is 10.9. The second kappa shape index (κ2) is 3.80. The summed E-state index contributed by atoms with van der Waals surface area (Å²) in [6.07, 6.45) is 2.44. The molecule has 2 aromatic heterocycles. The lowest BCUT2D eigenvalue weighted by Crippen LogP contribution is -1.96. The Labute approximate surface area is 92.1 Å². The normalized spacial score (nSPS) is 10.6. The Morgan fingerprint density at radius 1 is 1.62 bits per heavy atom. The molecule has 0 saturated heterocycles. The first-order chi connectivity index (χ1) is 7.69. The summed E-state index contributed by atoms with van der Waals surface area (Å²) in [5.74, 6) is 0.598. The van der Waals surface area contributed by atoms with Gasteiger partial charge >= 0.3 is 5.82 Å². The summed E-state index contributed by atoms with van der Waals surface area (Å²) in [7, 11) is 1.73. The number of anilines is 1. The van der Waals surface area contributed by atoms with Gasteiger partial charge in [0.05, 0.1) is 5.69 Å². The molecule has 0 radical (unpaired) electrons. The number of hydrogen-bond donors (Lipinski definition) is 1. The fraction of sp³-hybridized carbons (Fsp3) is 0.300. The van der Waals surface area contributed by atoms with Gasteiger partial charge in [0.1, 0.15) is 0 Å². The van der Waals surface area contributed by atoms with Crippen molar-refractivity contribution in [1.82, 2.24) is 9.38 Å². The average Bonchev–Trinajstić information content (AvgIpc) is 2.67. The van der Waals surface area contributed by atoms with E-state index < -0.39 is 4.92 Å². The van der Waals surface area contributed by atoms with Gasteiger partial charge in [0.2, 0.25) is 5.82 Å². The first-order valence-corrected chi connectivity index (χ1v) is 5.01. The minimum absolute atomic E-state index is 0.0956. The van der Waals surface area contributed by atoms with Crippen molar-refractivity contribution in [2.75, 3.05) is 12.4 Å². The molecule has 2 aromatic rings. The topological polar surface area (TPSA) is 72.5 Å². The summed E-state index contributed by atoms with van der Waals surface area (Å²) in [5.41, 5.74) is 1.23. The van der Waals surface area contributed by atoms with E-state index in [2.05, 4.69) is 10.3 Å². The number of nitro groups is 1. The van der Waals surface area contributed by atoms with E-state index in [1.54, 1.807) is 23.7 Å². The average molecular weight is 220 g/mol. The van der Waals surface area contributed by atoms with Gasteiger partial charge in [-0.25, -0.2) is 0 Å². The Bertz CT molecular complexity index is 547. The molecule has 84 valence electrons. The predicted molar refractivity (Wildman–Crippen MR) is 60.8 cm³/mol. The van der Waals surface area contributed by atoms with E-state index in [4.69, 9.17) is 0 Å². The monoisotopic (exact) mass is 220 g/mol. The summed E-state index contributed by atoms with van der Waals surface area (Å²) in [4.78, 5) is 14.5. The van der Waals surface area contributed by atoms with E-state index in [0.29, 0.717) is 23.4 Å². The van der Waals surface area contributed by atoms with Crippen LogP contribution in [-0.2, 0) is 6.42 Å². The zero-order valence-electron chi connectivity index (χ0n) is 9.10. The van der Waals surface area contributed by atoms with Gasteiger partial charge in [0, 0.05) is 19.7 Å². The Kier molecular flexibility index (Phi) is 2.47. The molecule has 0 aliphatic carbocycles. The quantitative estimate of drug-likeness (QED) is 0.632. The van der Waals surface area contributed by atoms with Crippen LogP contribution in [0.25, 0.3) is 5.52 Å².